The van der Waals surface area contributed by atoms with Crippen molar-refractivity contribution >= 4 is 11.4 Å². The molecule has 1 aromatic carbocycles. The minimum atomic E-state index is 0.373. The van der Waals surface area contributed by atoms with Gasteiger partial charge in [0.05, 0.1) is 12.1 Å². The van der Waals surface area contributed by atoms with Gasteiger partial charge in [0.1, 0.15) is 0 Å². The number of rotatable bonds is 5. The van der Waals surface area contributed by atoms with E-state index < -0.39 is 0 Å². The average molecular weight is 262 g/mol. The molecule has 0 radical (unpaired) electrons. The van der Waals surface area contributed by atoms with Crippen molar-refractivity contribution in [3.63, 3.8) is 0 Å². The Morgan fingerprint density at radius 2 is 2.11 bits per heavy atom. The highest BCUT2D eigenvalue weighted by Gasteiger charge is 2.27. The van der Waals surface area contributed by atoms with Gasteiger partial charge in [-0.3, -0.25) is 0 Å². The maximum atomic E-state index is 5.82. The molecule has 0 saturated heterocycles. The van der Waals surface area contributed by atoms with Gasteiger partial charge in [0.15, 0.2) is 0 Å². The lowest BCUT2D eigenvalue weighted by atomic mass is 10.1. The molecule has 3 nitrogen and oxygen atoms in total. The fraction of sp³-hybridized carbons (Fsp3) is 0.625. The topological polar surface area (TPSA) is 24.5 Å². The minimum absolute atomic E-state index is 0.373. The summed E-state index contributed by atoms with van der Waals surface area (Å²) in [5.74, 6) is 0. The summed E-state index contributed by atoms with van der Waals surface area (Å²) in [6, 6.07) is 7.04. The van der Waals surface area contributed by atoms with Gasteiger partial charge in [-0.2, -0.15) is 0 Å². The Morgan fingerprint density at radius 1 is 1.32 bits per heavy atom. The predicted octanol–water partition coefficient (Wildman–Crippen LogP) is 3.43. The van der Waals surface area contributed by atoms with E-state index in [9.17, 15) is 0 Å². The molecule has 1 aliphatic rings. The van der Waals surface area contributed by atoms with Crippen LogP contribution >= 0.6 is 0 Å². The van der Waals surface area contributed by atoms with Crippen LogP contribution in [0.2, 0.25) is 0 Å². The van der Waals surface area contributed by atoms with E-state index in [1.807, 2.05) is 0 Å². The zero-order valence-electron chi connectivity index (χ0n) is 12.6. The van der Waals surface area contributed by atoms with Gasteiger partial charge in [-0.15, -0.1) is 0 Å². The zero-order chi connectivity index (χ0) is 13.8. The summed E-state index contributed by atoms with van der Waals surface area (Å²) in [5.41, 5.74) is 3.78. The summed E-state index contributed by atoms with van der Waals surface area (Å²) < 4.78 is 5.82. The number of hydrogen-bond acceptors (Lipinski definition) is 3. The van der Waals surface area contributed by atoms with Crippen LogP contribution in [-0.2, 0) is 4.74 Å². The standard InChI is InChI=1S/C16H26N2O/c1-5-19-16-8-6-7-15(16)17-14-10-9-13(18(3)4)11-12(14)2/h9-11,15-17H,5-8H2,1-4H3/t15-,16-/m1/s1. The van der Waals surface area contributed by atoms with Crippen molar-refractivity contribution in [2.45, 2.75) is 45.3 Å². The minimum Gasteiger partial charge on any atom is -0.379 e. The van der Waals surface area contributed by atoms with E-state index in [-0.39, 0.29) is 0 Å². The molecule has 1 N–H and O–H groups in total. The monoisotopic (exact) mass is 262 g/mol. The van der Waals surface area contributed by atoms with Crippen LogP contribution in [-0.4, -0.2) is 32.8 Å². The van der Waals surface area contributed by atoms with Gasteiger partial charge in [0.2, 0.25) is 0 Å². The second-order valence-electron chi connectivity index (χ2n) is 5.57. The van der Waals surface area contributed by atoms with Crippen LogP contribution in [0.25, 0.3) is 0 Å². The molecule has 1 aromatic rings. The highest BCUT2D eigenvalue weighted by Crippen LogP contribution is 2.28. The molecular formula is C16H26N2O. The molecule has 3 heteroatoms. The Labute approximate surface area is 116 Å². The Bertz CT molecular complexity index is 417. The van der Waals surface area contributed by atoms with Crippen molar-refractivity contribution in [2.75, 3.05) is 30.9 Å². The van der Waals surface area contributed by atoms with Crippen molar-refractivity contribution in [3.8, 4) is 0 Å². The summed E-state index contributed by atoms with van der Waals surface area (Å²) in [6.45, 7) is 5.05. The molecule has 0 aliphatic heterocycles. The van der Waals surface area contributed by atoms with Crippen molar-refractivity contribution in [3.05, 3.63) is 23.8 Å². The lowest BCUT2D eigenvalue weighted by Crippen LogP contribution is -2.31. The second kappa shape index (κ2) is 6.29. The summed E-state index contributed by atoms with van der Waals surface area (Å²) in [4.78, 5) is 2.13. The molecule has 1 fully saturated rings. The van der Waals surface area contributed by atoms with Gasteiger partial charge < -0.3 is 15.0 Å². The van der Waals surface area contributed by atoms with E-state index in [0.29, 0.717) is 12.1 Å². The first-order valence-corrected chi connectivity index (χ1v) is 7.28. The molecule has 106 valence electrons. The maximum Gasteiger partial charge on any atom is 0.0775 e. The summed E-state index contributed by atoms with van der Waals surface area (Å²) >= 11 is 0. The number of nitrogens with zero attached hydrogens (tertiary/aromatic N) is 1. The Balaban J connectivity index is 2.06. The fourth-order valence-electron chi connectivity index (χ4n) is 2.79. The molecule has 0 amide bonds. The van der Waals surface area contributed by atoms with Crippen LogP contribution in [0.5, 0.6) is 0 Å². The molecule has 0 bridgehead atoms. The lowest BCUT2D eigenvalue weighted by Gasteiger charge is -2.24. The van der Waals surface area contributed by atoms with Crippen molar-refractivity contribution in [2.24, 2.45) is 0 Å². The van der Waals surface area contributed by atoms with E-state index >= 15 is 0 Å². The van der Waals surface area contributed by atoms with Gasteiger partial charge >= 0.3 is 0 Å². The van der Waals surface area contributed by atoms with Gasteiger partial charge in [-0.25, -0.2) is 0 Å². The number of benzene rings is 1. The fourth-order valence-corrected chi connectivity index (χ4v) is 2.79. The first kappa shape index (κ1) is 14.2. The van der Waals surface area contributed by atoms with Crippen LogP contribution < -0.4 is 10.2 Å². The van der Waals surface area contributed by atoms with Gasteiger partial charge in [-0.05, 0) is 56.9 Å². The third kappa shape index (κ3) is 3.41. The van der Waals surface area contributed by atoms with E-state index in [0.717, 1.165) is 6.61 Å². The number of nitrogens with one attached hydrogen (secondary N) is 1. The molecule has 0 unspecified atom stereocenters. The lowest BCUT2D eigenvalue weighted by molar-refractivity contribution is 0.0616. The Kier molecular flexibility index (Phi) is 4.70. The molecule has 2 atom stereocenters. The molecule has 0 heterocycles. The number of anilines is 2. The Morgan fingerprint density at radius 3 is 2.74 bits per heavy atom. The van der Waals surface area contributed by atoms with E-state index in [1.165, 1.54) is 36.2 Å². The number of ether oxygens (including phenoxy) is 1. The third-order valence-electron chi connectivity index (χ3n) is 3.90. The average Bonchev–Trinajstić information content (AvgIpc) is 2.79. The molecule has 19 heavy (non-hydrogen) atoms. The normalized spacial score (nSPS) is 22.5. The van der Waals surface area contributed by atoms with Crippen LogP contribution in [0, 0.1) is 6.92 Å². The van der Waals surface area contributed by atoms with Crippen molar-refractivity contribution in [1.82, 2.24) is 0 Å². The number of aryl methyl sites for hydroxylation is 1. The molecule has 0 spiro atoms. The second-order valence-corrected chi connectivity index (χ2v) is 5.57. The largest absolute Gasteiger partial charge is 0.379 e. The van der Waals surface area contributed by atoms with Crippen LogP contribution in [0.4, 0.5) is 11.4 Å². The molecule has 0 aromatic heterocycles. The van der Waals surface area contributed by atoms with Crippen LogP contribution in [0.15, 0.2) is 18.2 Å². The Hall–Kier alpha value is -1.22. The van der Waals surface area contributed by atoms with Gasteiger partial charge in [0.25, 0.3) is 0 Å². The first-order valence-electron chi connectivity index (χ1n) is 7.28. The smallest absolute Gasteiger partial charge is 0.0775 e. The highest BCUT2D eigenvalue weighted by atomic mass is 16.5. The highest BCUT2D eigenvalue weighted by molar-refractivity contribution is 5.60. The molecule has 1 saturated carbocycles. The summed E-state index contributed by atoms with van der Waals surface area (Å²) in [5, 5.41) is 3.67. The zero-order valence-corrected chi connectivity index (χ0v) is 12.6. The van der Waals surface area contributed by atoms with E-state index in [4.69, 9.17) is 4.74 Å². The summed E-state index contributed by atoms with van der Waals surface area (Å²) in [7, 11) is 4.15. The van der Waals surface area contributed by atoms with E-state index in [2.05, 4.69) is 56.4 Å². The predicted molar refractivity (Wildman–Crippen MR) is 82.2 cm³/mol. The first-order chi connectivity index (χ1) is 9.11. The van der Waals surface area contributed by atoms with Crippen LogP contribution in [0.1, 0.15) is 31.7 Å². The van der Waals surface area contributed by atoms with Gasteiger partial charge in [-0.1, -0.05) is 0 Å². The van der Waals surface area contributed by atoms with Crippen molar-refractivity contribution < 1.29 is 4.74 Å². The SMILES string of the molecule is CCO[C@@H]1CCC[C@H]1Nc1ccc(N(C)C)cc1C. The molecule has 2 rings (SSSR count). The number of hydrogen-bond donors (Lipinski definition) is 1. The quantitative estimate of drug-likeness (QED) is 0.880. The van der Waals surface area contributed by atoms with Crippen LogP contribution in [0.3, 0.4) is 0 Å². The van der Waals surface area contributed by atoms with Gasteiger partial charge in [0, 0.05) is 32.1 Å². The summed E-state index contributed by atoms with van der Waals surface area (Å²) in [6.07, 6.45) is 4.02. The van der Waals surface area contributed by atoms with Crippen molar-refractivity contribution in [1.29, 1.82) is 0 Å². The molecule has 1 aliphatic carbocycles. The maximum absolute atomic E-state index is 5.82. The molecular weight excluding hydrogens is 236 g/mol. The van der Waals surface area contributed by atoms with E-state index in [1.54, 1.807) is 0 Å². The third-order valence-corrected chi connectivity index (χ3v) is 3.90.